The highest BCUT2D eigenvalue weighted by atomic mass is 19.4. The zero-order chi connectivity index (χ0) is 26.6. The number of hydrogen-bond donors (Lipinski definition) is 3. The van der Waals surface area contributed by atoms with E-state index in [0.717, 1.165) is 12.1 Å². The van der Waals surface area contributed by atoms with Gasteiger partial charge in [0.15, 0.2) is 11.5 Å². The molecular weight excluding hydrogens is 487 g/mol. The number of benzene rings is 3. The molecule has 0 saturated carbocycles. The van der Waals surface area contributed by atoms with Crippen molar-refractivity contribution in [2.24, 2.45) is 0 Å². The number of carbonyl (C=O) groups excluding carboxylic acids is 2. The van der Waals surface area contributed by atoms with E-state index >= 15 is 0 Å². The van der Waals surface area contributed by atoms with E-state index in [0.29, 0.717) is 33.8 Å². The standard InChI is InChI=1S/C27H24F3N3O4/c1-16-23(25(34)32-20-9-4-3-5-10-20)24(33-26(35)31-16)18-11-12-21(22(14-18)36-2)37-15-17-7-6-8-19(13-17)27(28,29)30/h3-14,24H,15H2,1-2H3,(H,32,34)(H2,31,33,35)/t24-/m1/s1. The summed E-state index contributed by atoms with van der Waals surface area (Å²) in [6.07, 6.45) is -4.45. The van der Waals surface area contributed by atoms with E-state index in [1.54, 1.807) is 49.4 Å². The summed E-state index contributed by atoms with van der Waals surface area (Å²) in [5, 5.41) is 8.21. The van der Waals surface area contributed by atoms with Crippen molar-refractivity contribution in [3.05, 3.63) is 101 Å². The van der Waals surface area contributed by atoms with Crippen LogP contribution in [0.4, 0.5) is 23.7 Å². The van der Waals surface area contributed by atoms with Gasteiger partial charge in [-0.1, -0.05) is 36.4 Å². The Balaban J connectivity index is 1.57. The van der Waals surface area contributed by atoms with Gasteiger partial charge in [-0.25, -0.2) is 4.79 Å². The molecule has 192 valence electrons. The van der Waals surface area contributed by atoms with E-state index < -0.39 is 29.7 Å². The molecule has 7 nitrogen and oxygen atoms in total. The fourth-order valence-corrected chi connectivity index (χ4v) is 3.95. The van der Waals surface area contributed by atoms with Gasteiger partial charge in [-0.3, -0.25) is 4.79 Å². The maximum atomic E-state index is 13.2. The molecule has 3 N–H and O–H groups in total. The maximum Gasteiger partial charge on any atom is 0.416 e. The third-order valence-corrected chi connectivity index (χ3v) is 5.72. The van der Waals surface area contributed by atoms with Gasteiger partial charge in [0, 0.05) is 11.4 Å². The van der Waals surface area contributed by atoms with Crippen molar-refractivity contribution in [2.75, 3.05) is 12.4 Å². The topological polar surface area (TPSA) is 88.7 Å². The molecule has 0 aromatic heterocycles. The molecule has 1 aliphatic heterocycles. The minimum absolute atomic E-state index is 0.118. The molecule has 1 heterocycles. The fraction of sp³-hybridized carbons (Fsp3) is 0.185. The van der Waals surface area contributed by atoms with Gasteiger partial charge in [-0.05, 0) is 54.4 Å². The number of alkyl halides is 3. The van der Waals surface area contributed by atoms with E-state index in [2.05, 4.69) is 16.0 Å². The Labute approximate surface area is 211 Å². The Bertz CT molecular complexity index is 1340. The molecule has 0 fully saturated rings. The number of carbonyl (C=O) groups is 2. The largest absolute Gasteiger partial charge is 0.493 e. The first-order valence-electron chi connectivity index (χ1n) is 11.3. The van der Waals surface area contributed by atoms with Crippen LogP contribution in [0.15, 0.2) is 84.1 Å². The average Bonchev–Trinajstić information content (AvgIpc) is 2.87. The summed E-state index contributed by atoms with van der Waals surface area (Å²) in [5.41, 5.74) is 1.43. The number of anilines is 1. The Morgan fingerprint density at radius 1 is 1.00 bits per heavy atom. The third-order valence-electron chi connectivity index (χ3n) is 5.72. The first kappa shape index (κ1) is 25.6. The highest BCUT2D eigenvalue weighted by Crippen LogP contribution is 2.35. The smallest absolute Gasteiger partial charge is 0.416 e. The lowest BCUT2D eigenvalue weighted by Gasteiger charge is -2.29. The monoisotopic (exact) mass is 511 g/mol. The number of amides is 3. The van der Waals surface area contributed by atoms with Crippen molar-refractivity contribution in [2.45, 2.75) is 25.7 Å². The van der Waals surface area contributed by atoms with Crippen LogP contribution in [0.25, 0.3) is 0 Å². The summed E-state index contributed by atoms with van der Waals surface area (Å²) < 4.78 is 50.2. The van der Waals surface area contributed by atoms with E-state index in [1.807, 2.05) is 6.07 Å². The number of methoxy groups -OCH3 is 1. The molecule has 0 unspecified atom stereocenters. The number of urea groups is 1. The lowest BCUT2D eigenvalue weighted by molar-refractivity contribution is -0.137. The van der Waals surface area contributed by atoms with Crippen molar-refractivity contribution >= 4 is 17.6 Å². The number of rotatable bonds is 7. The minimum atomic E-state index is -4.45. The highest BCUT2D eigenvalue weighted by molar-refractivity contribution is 6.06. The van der Waals surface area contributed by atoms with Gasteiger partial charge in [0.1, 0.15) is 6.61 Å². The van der Waals surface area contributed by atoms with Crippen molar-refractivity contribution in [1.29, 1.82) is 0 Å². The molecule has 0 aliphatic carbocycles. The highest BCUT2D eigenvalue weighted by Gasteiger charge is 2.32. The van der Waals surface area contributed by atoms with Crippen LogP contribution in [-0.2, 0) is 17.6 Å². The van der Waals surface area contributed by atoms with Crippen molar-refractivity contribution in [3.8, 4) is 11.5 Å². The predicted octanol–water partition coefficient (Wildman–Crippen LogP) is 5.56. The molecule has 10 heteroatoms. The summed E-state index contributed by atoms with van der Waals surface area (Å²) >= 11 is 0. The van der Waals surface area contributed by atoms with Gasteiger partial charge in [0.2, 0.25) is 0 Å². The van der Waals surface area contributed by atoms with Gasteiger partial charge in [-0.2, -0.15) is 13.2 Å². The first-order chi connectivity index (χ1) is 17.7. The SMILES string of the molecule is COc1cc([C@H]2NC(=O)NC(C)=C2C(=O)Nc2ccccc2)ccc1OCc1cccc(C(F)(F)F)c1. The zero-order valence-corrected chi connectivity index (χ0v) is 20.0. The van der Waals surface area contributed by atoms with Crippen molar-refractivity contribution in [1.82, 2.24) is 10.6 Å². The van der Waals surface area contributed by atoms with Crippen LogP contribution in [0, 0.1) is 0 Å². The number of halogens is 3. The minimum Gasteiger partial charge on any atom is -0.493 e. The van der Waals surface area contributed by atoms with Gasteiger partial charge in [0.05, 0.1) is 24.3 Å². The second kappa shape index (κ2) is 10.7. The lowest BCUT2D eigenvalue weighted by Crippen LogP contribution is -2.45. The number of allylic oxidation sites excluding steroid dienone is 1. The number of para-hydroxylation sites is 1. The molecule has 4 rings (SSSR count). The number of ether oxygens (including phenoxy) is 2. The first-order valence-corrected chi connectivity index (χ1v) is 11.3. The Kier molecular flexibility index (Phi) is 7.37. The molecule has 1 atom stereocenters. The molecule has 0 spiro atoms. The average molecular weight is 512 g/mol. The molecule has 37 heavy (non-hydrogen) atoms. The normalized spacial score (nSPS) is 15.5. The summed E-state index contributed by atoms with van der Waals surface area (Å²) in [7, 11) is 1.42. The Morgan fingerprint density at radius 2 is 1.76 bits per heavy atom. The zero-order valence-electron chi connectivity index (χ0n) is 20.0. The number of hydrogen-bond acceptors (Lipinski definition) is 4. The van der Waals surface area contributed by atoms with E-state index in [-0.39, 0.29) is 12.4 Å². The lowest BCUT2D eigenvalue weighted by atomic mass is 9.94. The molecule has 3 aromatic rings. The van der Waals surface area contributed by atoms with Crippen molar-refractivity contribution in [3.63, 3.8) is 0 Å². The Hall–Kier alpha value is -4.47. The van der Waals surface area contributed by atoms with Crippen LogP contribution in [0.5, 0.6) is 11.5 Å². The third kappa shape index (κ3) is 6.03. The van der Waals surface area contributed by atoms with Gasteiger partial charge < -0.3 is 25.4 Å². The summed E-state index contributed by atoms with van der Waals surface area (Å²) in [4.78, 5) is 25.4. The molecule has 1 aliphatic rings. The molecule has 0 saturated heterocycles. The van der Waals surface area contributed by atoms with Crippen LogP contribution in [0.2, 0.25) is 0 Å². The van der Waals surface area contributed by atoms with Gasteiger partial charge in [-0.15, -0.1) is 0 Å². The van der Waals surface area contributed by atoms with Crippen LogP contribution in [0.1, 0.15) is 29.7 Å². The molecular formula is C27H24F3N3O4. The van der Waals surface area contributed by atoms with Crippen LogP contribution >= 0.6 is 0 Å². The molecule has 0 bridgehead atoms. The molecule has 3 amide bonds. The van der Waals surface area contributed by atoms with E-state index in [4.69, 9.17) is 9.47 Å². The van der Waals surface area contributed by atoms with E-state index in [9.17, 15) is 22.8 Å². The second-order valence-electron chi connectivity index (χ2n) is 8.29. The van der Waals surface area contributed by atoms with Crippen LogP contribution in [0.3, 0.4) is 0 Å². The summed E-state index contributed by atoms with van der Waals surface area (Å²) in [6, 6.07) is 17.4. The van der Waals surface area contributed by atoms with Crippen LogP contribution in [-0.4, -0.2) is 19.0 Å². The summed E-state index contributed by atoms with van der Waals surface area (Å²) in [5.74, 6) is 0.183. The molecule has 3 aromatic carbocycles. The second-order valence-corrected chi connectivity index (χ2v) is 8.29. The molecule has 0 radical (unpaired) electrons. The van der Waals surface area contributed by atoms with Gasteiger partial charge in [0.25, 0.3) is 5.91 Å². The van der Waals surface area contributed by atoms with Gasteiger partial charge >= 0.3 is 12.2 Å². The summed E-state index contributed by atoms with van der Waals surface area (Å²) in [6.45, 7) is 1.52. The predicted molar refractivity (Wildman–Crippen MR) is 131 cm³/mol. The Morgan fingerprint density at radius 3 is 2.46 bits per heavy atom. The maximum absolute atomic E-state index is 13.2. The number of nitrogens with one attached hydrogen (secondary N) is 3. The quantitative estimate of drug-likeness (QED) is 0.388. The fourth-order valence-electron chi connectivity index (χ4n) is 3.95. The van der Waals surface area contributed by atoms with E-state index in [1.165, 1.54) is 19.2 Å². The van der Waals surface area contributed by atoms with Crippen molar-refractivity contribution < 1.29 is 32.2 Å². The van der Waals surface area contributed by atoms with Crippen LogP contribution < -0.4 is 25.4 Å².